The van der Waals surface area contributed by atoms with E-state index in [9.17, 15) is 18.8 Å². The lowest BCUT2D eigenvalue weighted by Gasteiger charge is -2.31. The van der Waals surface area contributed by atoms with Crippen LogP contribution in [0, 0.1) is 17.7 Å². The van der Waals surface area contributed by atoms with E-state index in [2.05, 4.69) is 27.1 Å². The Morgan fingerprint density at radius 1 is 0.881 bits per heavy atom. The van der Waals surface area contributed by atoms with E-state index < -0.39 is 11.4 Å². The molecule has 3 aromatic heterocycles. The van der Waals surface area contributed by atoms with Gasteiger partial charge in [0, 0.05) is 41.6 Å². The Labute approximate surface area is 246 Å². The maximum atomic E-state index is 14.2. The van der Waals surface area contributed by atoms with Crippen LogP contribution in [0.3, 0.4) is 0 Å². The summed E-state index contributed by atoms with van der Waals surface area (Å²) in [6.07, 6.45) is 8.07. The Balaban J connectivity index is 1.18. The van der Waals surface area contributed by atoms with Crippen LogP contribution in [0.1, 0.15) is 72.1 Å². The SMILES string of the molecule is O=C(N[C@H]1CC[C@@H](n2c(=O)c3cc(F)cnc3n(C3CCSCC3)c2=O)CC1)c1cncc(C#Cc2ccccc2)c1. The molecule has 1 N–H and O–H groups in total. The highest BCUT2D eigenvalue weighted by Gasteiger charge is 2.30. The van der Waals surface area contributed by atoms with Crippen molar-refractivity contribution in [1.29, 1.82) is 0 Å². The molecule has 0 atom stereocenters. The molecule has 2 aliphatic rings. The largest absolute Gasteiger partial charge is 0.349 e. The lowest BCUT2D eigenvalue weighted by atomic mass is 9.90. The fourth-order valence-electron chi connectivity index (χ4n) is 5.84. The molecule has 1 aliphatic carbocycles. The summed E-state index contributed by atoms with van der Waals surface area (Å²) in [5.41, 5.74) is 1.31. The van der Waals surface area contributed by atoms with Crippen LogP contribution in [0.25, 0.3) is 11.0 Å². The molecule has 214 valence electrons. The molecule has 2 fully saturated rings. The maximum Gasteiger partial charge on any atom is 0.333 e. The molecule has 4 heterocycles. The first-order chi connectivity index (χ1) is 20.5. The van der Waals surface area contributed by atoms with E-state index in [1.54, 1.807) is 16.8 Å². The van der Waals surface area contributed by atoms with E-state index in [0.29, 0.717) is 36.8 Å². The zero-order valence-corrected chi connectivity index (χ0v) is 23.8. The number of aromatic nitrogens is 4. The average molecular weight is 584 g/mol. The molecule has 1 amide bonds. The van der Waals surface area contributed by atoms with Crippen molar-refractivity contribution in [3.8, 4) is 11.8 Å². The molecule has 1 saturated carbocycles. The van der Waals surface area contributed by atoms with Crippen LogP contribution in [0.15, 0.2) is 70.6 Å². The number of benzene rings is 1. The van der Waals surface area contributed by atoms with E-state index in [1.165, 1.54) is 16.8 Å². The number of carbonyl (C=O) groups excluding carboxylic acids is 1. The molecule has 0 spiro atoms. The molecular weight excluding hydrogens is 553 g/mol. The summed E-state index contributed by atoms with van der Waals surface area (Å²) >= 11 is 1.84. The number of thioether (sulfide) groups is 1. The van der Waals surface area contributed by atoms with Gasteiger partial charge in [-0.15, -0.1) is 0 Å². The number of hydrogen-bond acceptors (Lipinski definition) is 6. The second-order valence-corrected chi connectivity index (χ2v) is 12.0. The lowest BCUT2D eigenvalue weighted by Crippen LogP contribution is -2.46. The van der Waals surface area contributed by atoms with Gasteiger partial charge in [0.15, 0.2) is 0 Å². The molecule has 0 radical (unpaired) electrons. The Bertz CT molecular complexity index is 1800. The van der Waals surface area contributed by atoms with Crippen LogP contribution < -0.4 is 16.6 Å². The van der Waals surface area contributed by atoms with E-state index in [4.69, 9.17) is 0 Å². The molecule has 0 bridgehead atoms. The average Bonchev–Trinajstić information content (AvgIpc) is 3.02. The summed E-state index contributed by atoms with van der Waals surface area (Å²) in [7, 11) is 0. The van der Waals surface area contributed by atoms with Crippen LogP contribution in [0.5, 0.6) is 0 Å². The van der Waals surface area contributed by atoms with Crippen LogP contribution in [-0.2, 0) is 0 Å². The summed E-state index contributed by atoms with van der Waals surface area (Å²) in [6.45, 7) is 0. The summed E-state index contributed by atoms with van der Waals surface area (Å²) in [6, 6.07) is 12.0. The van der Waals surface area contributed by atoms with E-state index in [1.807, 2.05) is 42.1 Å². The van der Waals surface area contributed by atoms with Gasteiger partial charge in [-0.2, -0.15) is 11.8 Å². The van der Waals surface area contributed by atoms with Crippen molar-refractivity contribution in [2.24, 2.45) is 0 Å². The molecule has 1 aliphatic heterocycles. The van der Waals surface area contributed by atoms with Gasteiger partial charge in [0.05, 0.1) is 17.1 Å². The third kappa shape index (κ3) is 5.88. The number of halogens is 1. The molecule has 8 nitrogen and oxygen atoms in total. The first-order valence-corrected chi connectivity index (χ1v) is 15.4. The minimum absolute atomic E-state index is 0.0801. The third-order valence-corrected chi connectivity index (χ3v) is 9.05. The minimum Gasteiger partial charge on any atom is -0.349 e. The van der Waals surface area contributed by atoms with Gasteiger partial charge in [-0.3, -0.25) is 23.7 Å². The van der Waals surface area contributed by atoms with Crippen molar-refractivity contribution < 1.29 is 9.18 Å². The normalized spacial score (nSPS) is 19.2. The van der Waals surface area contributed by atoms with Crippen LogP contribution in [0.2, 0.25) is 0 Å². The number of pyridine rings is 2. The monoisotopic (exact) mass is 583 g/mol. The molecule has 1 saturated heterocycles. The van der Waals surface area contributed by atoms with Crippen molar-refractivity contribution in [3.05, 3.63) is 104 Å². The Kier molecular flexibility index (Phi) is 8.20. The highest BCUT2D eigenvalue weighted by Crippen LogP contribution is 2.30. The summed E-state index contributed by atoms with van der Waals surface area (Å²) < 4.78 is 17.1. The number of fused-ring (bicyclic) bond motifs is 1. The maximum absolute atomic E-state index is 14.2. The van der Waals surface area contributed by atoms with Crippen LogP contribution in [-0.4, -0.2) is 42.6 Å². The highest BCUT2D eigenvalue weighted by atomic mass is 32.2. The number of amides is 1. The molecule has 4 aromatic rings. The second-order valence-electron chi connectivity index (χ2n) is 10.8. The third-order valence-electron chi connectivity index (χ3n) is 8.00. The van der Waals surface area contributed by atoms with Gasteiger partial charge in [-0.05, 0) is 74.3 Å². The first-order valence-electron chi connectivity index (χ1n) is 14.2. The number of nitrogens with zero attached hydrogens (tertiary/aromatic N) is 4. The van der Waals surface area contributed by atoms with E-state index in [0.717, 1.165) is 36.1 Å². The van der Waals surface area contributed by atoms with Gasteiger partial charge in [0.1, 0.15) is 11.5 Å². The van der Waals surface area contributed by atoms with Gasteiger partial charge in [-0.1, -0.05) is 30.0 Å². The fraction of sp³-hybridized carbons (Fsp3) is 0.344. The smallest absolute Gasteiger partial charge is 0.333 e. The summed E-state index contributed by atoms with van der Waals surface area (Å²) in [4.78, 5) is 48.7. The number of hydrogen-bond donors (Lipinski definition) is 1. The molecular formula is C32H30FN5O3S. The van der Waals surface area contributed by atoms with Gasteiger partial charge in [0.2, 0.25) is 0 Å². The number of rotatable bonds is 4. The minimum atomic E-state index is -0.605. The van der Waals surface area contributed by atoms with Crippen molar-refractivity contribution in [1.82, 2.24) is 24.4 Å². The molecule has 0 unspecified atom stereocenters. The quantitative estimate of drug-likeness (QED) is 0.356. The summed E-state index contributed by atoms with van der Waals surface area (Å²) in [5, 5.41) is 3.21. The lowest BCUT2D eigenvalue weighted by molar-refractivity contribution is 0.0921. The molecule has 1 aromatic carbocycles. The zero-order valence-electron chi connectivity index (χ0n) is 23.0. The van der Waals surface area contributed by atoms with Crippen LogP contribution in [0.4, 0.5) is 4.39 Å². The molecule has 6 rings (SSSR count). The number of nitrogens with one attached hydrogen (secondary N) is 1. The van der Waals surface area contributed by atoms with Crippen molar-refractivity contribution in [2.45, 2.75) is 56.7 Å². The molecule has 42 heavy (non-hydrogen) atoms. The van der Waals surface area contributed by atoms with Crippen LogP contribution >= 0.6 is 11.8 Å². The standard InChI is InChI=1S/C32H30FN5O3S/c33-24-17-28-29(35-20-24)37(27-12-14-42-15-13-27)32(41)38(31(28)40)26-10-8-25(9-11-26)36-30(39)23-16-22(18-34-19-23)7-6-21-4-2-1-3-5-21/h1-5,16-20,25-27H,8-15H2,(H,36,39)/t25-,26+. The van der Waals surface area contributed by atoms with E-state index in [-0.39, 0.29) is 40.8 Å². The fourth-order valence-corrected chi connectivity index (χ4v) is 6.93. The summed E-state index contributed by atoms with van der Waals surface area (Å²) in [5.74, 6) is 7.12. The van der Waals surface area contributed by atoms with Crippen molar-refractivity contribution >= 4 is 28.7 Å². The van der Waals surface area contributed by atoms with Crippen molar-refractivity contribution in [2.75, 3.05) is 11.5 Å². The highest BCUT2D eigenvalue weighted by molar-refractivity contribution is 7.99. The zero-order chi connectivity index (χ0) is 29.1. The predicted molar refractivity (Wildman–Crippen MR) is 161 cm³/mol. The second kappa shape index (κ2) is 12.3. The molecule has 10 heteroatoms. The van der Waals surface area contributed by atoms with Crippen molar-refractivity contribution in [3.63, 3.8) is 0 Å². The Morgan fingerprint density at radius 3 is 2.36 bits per heavy atom. The van der Waals surface area contributed by atoms with Gasteiger partial charge in [-0.25, -0.2) is 14.2 Å². The predicted octanol–water partition coefficient (Wildman–Crippen LogP) is 4.47. The Morgan fingerprint density at radius 2 is 1.60 bits per heavy atom. The first kappa shape index (κ1) is 27.9. The number of carbonyl (C=O) groups is 1. The van der Waals surface area contributed by atoms with E-state index >= 15 is 0 Å². The van der Waals surface area contributed by atoms with Gasteiger partial charge >= 0.3 is 5.69 Å². The van der Waals surface area contributed by atoms with Gasteiger partial charge in [0.25, 0.3) is 11.5 Å². The Hall–Kier alpha value is -4.23. The topological polar surface area (TPSA) is 98.9 Å². The van der Waals surface area contributed by atoms with Gasteiger partial charge < -0.3 is 5.32 Å².